The Morgan fingerprint density at radius 1 is 1.36 bits per heavy atom. The van der Waals surface area contributed by atoms with Gasteiger partial charge in [0.2, 0.25) is 11.8 Å². The van der Waals surface area contributed by atoms with E-state index in [0.29, 0.717) is 31.3 Å². The predicted octanol–water partition coefficient (Wildman–Crippen LogP) is 2.16. The number of aromatic nitrogens is 2. The van der Waals surface area contributed by atoms with Crippen LogP contribution in [0.1, 0.15) is 23.2 Å². The second kappa shape index (κ2) is 6.35. The summed E-state index contributed by atoms with van der Waals surface area (Å²) in [6.45, 7) is 5.14. The number of hydrogen-bond acceptors (Lipinski definition) is 5. The molecule has 0 bridgehead atoms. The van der Waals surface area contributed by atoms with E-state index in [9.17, 15) is 4.79 Å². The first-order chi connectivity index (χ1) is 12.1. The van der Waals surface area contributed by atoms with Crippen molar-refractivity contribution >= 4 is 11.6 Å². The molecule has 0 unspecified atom stereocenters. The summed E-state index contributed by atoms with van der Waals surface area (Å²) in [4.78, 5) is 25.5. The van der Waals surface area contributed by atoms with E-state index in [0.717, 1.165) is 30.0 Å². The van der Waals surface area contributed by atoms with Gasteiger partial charge in [-0.2, -0.15) is 0 Å². The molecule has 0 radical (unpaired) electrons. The van der Waals surface area contributed by atoms with Crippen LogP contribution in [0.5, 0.6) is 5.88 Å². The number of nitrogens with zero attached hydrogens (tertiary/aromatic N) is 4. The Morgan fingerprint density at radius 3 is 2.92 bits per heavy atom. The molecule has 0 aromatic carbocycles. The van der Waals surface area contributed by atoms with Crippen LogP contribution in [0.25, 0.3) is 0 Å². The molecule has 2 aromatic rings. The number of anilines is 1. The molecule has 0 aliphatic carbocycles. The molecule has 0 N–H and O–H groups in total. The van der Waals surface area contributed by atoms with E-state index in [1.807, 2.05) is 23.2 Å². The summed E-state index contributed by atoms with van der Waals surface area (Å²) in [6.07, 6.45) is 4.25. The fourth-order valence-corrected chi connectivity index (χ4v) is 3.61. The van der Waals surface area contributed by atoms with Gasteiger partial charge in [-0.1, -0.05) is 0 Å². The first-order valence-corrected chi connectivity index (χ1v) is 8.60. The van der Waals surface area contributed by atoms with Gasteiger partial charge in [0.1, 0.15) is 0 Å². The van der Waals surface area contributed by atoms with Gasteiger partial charge in [0.25, 0.3) is 0 Å². The summed E-state index contributed by atoms with van der Waals surface area (Å²) in [5.74, 6) is 1.25. The van der Waals surface area contributed by atoms with Gasteiger partial charge in [0.05, 0.1) is 31.2 Å². The minimum Gasteiger partial charge on any atom is -0.481 e. The van der Waals surface area contributed by atoms with Crippen molar-refractivity contribution in [2.24, 2.45) is 5.92 Å². The monoisotopic (exact) mass is 338 g/mol. The third kappa shape index (κ3) is 3.04. The lowest BCUT2D eigenvalue weighted by atomic mass is 9.95. The summed E-state index contributed by atoms with van der Waals surface area (Å²) in [5, 5.41) is 0. The first kappa shape index (κ1) is 15.9. The van der Waals surface area contributed by atoms with Gasteiger partial charge >= 0.3 is 0 Å². The molecule has 2 aliphatic rings. The summed E-state index contributed by atoms with van der Waals surface area (Å²) in [6, 6.07) is 5.94. The number of hydrogen-bond donors (Lipinski definition) is 0. The molecule has 6 heteroatoms. The highest BCUT2D eigenvalue weighted by molar-refractivity contribution is 5.77. The highest BCUT2D eigenvalue weighted by Gasteiger charge is 2.33. The van der Waals surface area contributed by atoms with Crippen molar-refractivity contribution in [2.45, 2.75) is 26.4 Å². The quantitative estimate of drug-likeness (QED) is 0.855. The zero-order valence-electron chi connectivity index (χ0n) is 14.6. The lowest BCUT2D eigenvalue weighted by Crippen LogP contribution is -2.48. The molecule has 2 aliphatic heterocycles. The van der Waals surface area contributed by atoms with Crippen LogP contribution in [0, 0.1) is 12.8 Å². The normalized spacial score (nSPS) is 16.6. The standard InChI is InChI=1S/C19H22N4O2/c1-13-6-18(25-2)21-17-12-23(11-16(13)17)19(24)7-14-9-22(10-14)15-4-3-5-20-8-15/h3-6,8,14H,7,9-12H2,1-2H3. The van der Waals surface area contributed by atoms with Crippen LogP contribution >= 0.6 is 0 Å². The molecule has 0 atom stereocenters. The van der Waals surface area contributed by atoms with Crippen LogP contribution in [-0.4, -0.2) is 41.0 Å². The van der Waals surface area contributed by atoms with E-state index < -0.39 is 0 Å². The van der Waals surface area contributed by atoms with Crippen LogP contribution in [0.2, 0.25) is 0 Å². The number of aryl methyl sites for hydroxylation is 1. The van der Waals surface area contributed by atoms with E-state index >= 15 is 0 Å². The van der Waals surface area contributed by atoms with Gasteiger partial charge in [-0.3, -0.25) is 9.78 Å². The van der Waals surface area contributed by atoms with Crippen molar-refractivity contribution in [1.82, 2.24) is 14.9 Å². The Morgan fingerprint density at radius 2 is 2.20 bits per heavy atom. The smallest absolute Gasteiger partial charge is 0.223 e. The molecule has 1 fully saturated rings. The van der Waals surface area contributed by atoms with Crippen molar-refractivity contribution in [2.75, 3.05) is 25.1 Å². The number of fused-ring (bicyclic) bond motifs is 1. The Hall–Kier alpha value is -2.63. The molecule has 2 aromatic heterocycles. The Kier molecular flexibility index (Phi) is 4.03. The van der Waals surface area contributed by atoms with E-state index in [2.05, 4.69) is 27.9 Å². The molecule has 1 amide bonds. The van der Waals surface area contributed by atoms with Crippen LogP contribution in [0.3, 0.4) is 0 Å². The molecule has 0 spiro atoms. The molecule has 4 rings (SSSR count). The SMILES string of the molecule is COc1cc(C)c2c(n1)CN(C(=O)CC1CN(c3cccnc3)C1)C2. The zero-order chi connectivity index (χ0) is 17.4. The second-order valence-corrected chi connectivity index (χ2v) is 6.84. The van der Waals surface area contributed by atoms with Crippen LogP contribution in [0.4, 0.5) is 5.69 Å². The zero-order valence-corrected chi connectivity index (χ0v) is 14.6. The van der Waals surface area contributed by atoms with Gasteiger partial charge in [-0.15, -0.1) is 0 Å². The molecule has 4 heterocycles. The van der Waals surface area contributed by atoms with E-state index in [1.165, 1.54) is 5.56 Å². The van der Waals surface area contributed by atoms with Crippen LogP contribution in [0.15, 0.2) is 30.6 Å². The molecule has 25 heavy (non-hydrogen) atoms. The van der Waals surface area contributed by atoms with Gasteiger partial charge in [-0.05, 0) is 30.2 Å². The van der Waals surface area contributed by atoms with E-state index in [4.69, 9.17) is 4.74 Å². The maximum Gasteiger partial charge on any atom is 0.223 e. The number of amides is 1. The Balaban J connectivity index is 1.34. The van der Waals surface area contributed by atoms with Crippen molar-refractivity contribution in [3.05, 3.63) is 47.4 Å². The average molecular weight is 338 g/mol. The van der Waals surface area contributed by atoms with Gasteiger partial charge in [0, 0.05) is 44.2 Å². The van der Waals surface area contributed by atoms with E-state index in [-0.39, 0.29) is 5.91 Å². The Bertz CT molecular complexity index is 788. The summed E-state index contributed by atoms with van der Waals surface area (Å²) < 4.78 is 5.24. The predicted molar refractivity (Wildman–Crippen MR) is 94.3 cm³/mol. The molecule has 1 saturated heterocycles. The largest absolute Gasteiger partial charge is 0.481 e. The first-order valence-electron chi connectivity index (χ1n) is 8.60. The minimum atomic E-state index is 0.215. The maximum absolute atomic E-state index is 12.7. The number of carbonyl (C=O) groups excluding carboxylic acids is 1. The van der Waals surface area contributed by atoms with Gasteiger partial charge < -0.3 is 14.5 Å². The van der Waals surface area contributed by atoms with Crippen molar-refractivity contribution < 1.29 is 9.53 Å². The third-order valence-corrected chi connectivity index (χ3v) is 5.09. The lowest BCUT2D eigenvalue weighted by molar-refractivity contribution is -0.133. The number of methoxy groups -OCH3 is 1. The number of pyridine rings is 2. The number of ether oxygens (including phenoxy) is 1. The Labute approximate surface area is 147 Å². The minimum absolute atomic E-state index is 0.215. The van der Waals surface area contributed by atoms with Crippen LogP contribution < -0.4 is 9.64 Å². The van der Waals surface area contributed by atoms with Crippen LogP contribution in [-0.2, 0) is 17.9 Å². The van der Waals surface area contributed by atoms with Crippen molar-refractivity contribution in [1.29, 1.82) is 0 Å². The second-order valence-electron chi connectivity index (χ2n) is 6.84. The summed E-state index contributed by atoms with van der Waals surface area (Å²) >= 11 is 0. The number of carbonyl (C=O) groups is 1. The fraction of sp³-hybridized carbons (Fsp3) is 0.421. The summed E-state index contributed by atoms with van der Waals surface area (Å²) in [7, 11) is 1.62. The van der Waals surface area contributed by atoms with E-state index in [1.54, 1.807) is 13.3 Å². The van der Waals surface area contributed by atoms with Crippen molar-refractivity contribution in [3.63, 3.8) is 0 Å². The van der Waals surface area contributed by atoms with Gasteiger partial charge in [-0.25, -0.2) is 4.98 Å². The number of rotatable bonds is 4. The molecule has 0 saturated carbocycles. The topological polar surface area (TPSA) is 58.6 Å². The highest BCUT2D eigenvalue weighted by Crippen LogP contribution is 2.30. The molecule has 6 nitrogen and oxygen atoms in total. The fourth-order valence-electron chi connectivity index (χ4n) is 3.61. The third-order valence-electron chi connectivity index (χ3n) is 5.09. The highest BCUT2D eigenvalue weighted by atomic mass is 16.5. The average Bonchev–Trinajstić information content (AvgIpc) is 3.03. The summed E-state index contributed by atoms with van der Waals surface area (Å²) in [5.41, 5.74) is 4.41. The lowest BCUT2D eigenvalue weighted by Gasteiger charge is -2.41. The molecular weight excluding hydrogens is 316 g/mol. The molecular formula is C19H22N4O2. The molecule has 130 valence electrons. The van der Waals surface area contributed by atoms with Gasteiger partial charge in [0.15, 0.2) is 0 Å². The maximum atomic E-state index is 12.7. The van der Waals surface area contributed by atoms with Crippen molar-refractivity contribution in [3.8, 4) is 5.88 Å².